The summed E-state index contributed by atoms with van der Waals surface area (Å²) in [5.41, 5.74) is 0. The Morgan fingerprint density at radius 3 is 1.71 bits per heavy atom. The van der Waals surface area contributed by atoms with Crippen molar-refractivity contribution in [2.24, 2.45) is 5.92 Å². The molecule has 78 valence electrons. The summed E-state index contributed by atoms with van der Waals surface area (Å²) in [6.07, 6.45) is -0.0748. The van der Waals surface area contributed by atoms with Crippen LogP contribution in [0.3, 0.4) is 0 Å². The highest BCUT2D eigenvalue weighted by atomic mass is 16.2. The smallest absolute Gasteiger partial charge is 0.158 e. The molecule has 0 amide bonds. The average Bonchev–Trinajstić information content (AvgIpc) is 2.02. The van der Waals surface area contributed by atoms with Crippen LogP contribution in [0.1, 0.15) is 33.6 Å². The molecule has 0 heterocycles. The van der Waals surface area contributed by atoms with Gasteiger partial charge in [-0.25, -0.2) is 0 Å². The number of carbonyl (C=O) groups is 4. The summed E-state index contributed by atoms with van der Waals surface area (Å²) in [6.45, 7) is 3.99. The lowest BCUT2D eigenvalue weighted by atomic mass is 9.92. The van der Waals surface area contributed by atoms with Gasteiger partial charge < -0.3 is 0 Å². The lowest BCUT2D eigenvalue weighted by molar-refractivity contribution is -0.139. The molecule has 0 aromatic carbocycles. The van der Waals surface area contributed by atoms with Crippen molar-refractivity contribution in [1.82, 2.24) is 0 Å². The van der Waals surface area contributed by atoms with Gasteiger partial charge in [-0.2, -0.15) is 0 Å². The topological polar surface area (TPSA) is 68.3 Å². The number of ketones is 4. The third-order valence-electron chi connectivity index (χ3n) is 1.90. The van der Waals surface area contributed by atoms with E-state index < -0.39 is 23.3 Å². The van der Waals surface area contributed by atoms with Crippen molar-refractivity contribution in [1.29, 1.82) is 0 Å². The SMILES string of the molecule is CCC(=O)CC(=O)C(C(C)=O)C(C)=O. The fourth-order valence-corrected chi connectivity index (χ4v) is 1.16. The highest BCUT2D eigenvalue weighted by Gasteiger charge is 2.28. The summed E-state index contributed by atoms with van der Waals surface area (Å²) < 4.78 is 0. The zero-order valence-electron chi connectivity index (χ0n) is 8.62. The Morgan fingerprint density at radius 1 is 1.00 bits per heavy atom. The minimum absolute atomic E-state index is 0.244. The summed E-state index contributed by atoms with van der Waals surface area (Å²) in [6, 6.07) is 0. The van der Waals surface area contributed by atoms with Gasteiger partial charge in [0.05, 0.1) is 6.42 Å². The van der Waals surface area contributed by atoms with E-state index in [1.165, 1.54) is 13.8 Å². The van der Waals surface area contributed by atoms with Crippen LogP contribution in [-0.2, 0) is 19.2 Å². The Hall–Kier alpha value is -1.32. The zero-order valence-corrected chi connectivity index (χ0v) is 8.62. The van der Waals surface area contributed by atoms with E-state index in [9.17, 15) is 19.2 Å². The van der Waals surface area contributed by atoms with Gasteiger partial charge in [0.15, 0.2) is 5.78 Å². The van der Waals surface area contributed by atoms with E-state index >= 15 is 0 Å². The predicted molar refractivity (Wildman–Crippen MR) is 49.8 cm³/mol. The second kappa shape index (κ2) is 5.42. The van der Waals surface area contributed by atoms with Crippen molar-refractivity contribution in [3.8, 4) is 0 Å². The molecule has 0 aliphatic carbocycles. The molecule has 0 saturated carbocycles. The lowest BCUT2D eigenvalue weighted by Gasteiger charge is -2.07. The summed E-state index contributed by atoms with van der Waals surface area (Å²) in [7, 11) is 0. The van der Waals surface area contributed by atoms with Crippen molar-refractivity contribution in [3.63, 3.8) is 0 Å². The second-order valence-corrected chi connectivity index (χ2v) is 3.19. The van der Waals surface area contributed by atoms with Gasteiger partial charge in [-0.05, 0) is 13.8 Å². The molecular formula is C10H14O4. The maximum Gasteiger partial charge on any atom is 0.158 e. The van der Waals surface area contributed by atoms with Crippen molar-refractivity contribution in [2.75, 3.05) is 0 Å². The third kappa shape index (κ3) is 3.60. The normalized spacial score (nSPS) is 10.0. The summed E-state index contributed by atoms with van der Waals surface area (Å²) in [4.78, 5) is 44.1. The van der Waals surface area contributed by atoms with Crippen molar-refractivity contribution >= 4 is 23.1 Å². The molecule has 0 N–H and O–H groups in total. The zero-order chi connectivity index (χ0) is 11.3. The van der Waals surface area contributed by atoms with Crippen LogP contribution < -0.4 is 0 Å². The van der Waals surface area contributed by atoms with Crippen LogP contribution in [0.5, 0.6) is 0 Å². The summed E-state index contributed by atoms with van der Waals surface area (Å²) in [5, 5.41) is 0. The first-order chi connectivity index (χ1) is 6.40. The molecule has 0 aromatic heterocycles. The Kier molecular flexibility index (Phi) is 4.91. The van der Waals surface area contributed by atoms with Gasteiger partial charge in [-0.15, -0.1) is 0 Å². The number of carbonyl (C=O) groups excluding carboxylic acids is 4. The Bertz CT molecular complexity index is 264. The van der Waals surface area contributed by atoms with Crippen LogP contribution in [0.25, 0.3) is 0 Å². The maximum absolute atomic E-state index is 11.3. The molecule has 0 bridgehead atoms. The molecule has 14 heavy (non-hydrogen) atoms. The minimum atomic E-state index is -1.24. The van der Waals surface area contributed by atoms with Crippen LogP contribution in [0, 0.1) is 5.92 Å². The monoisotopic (exact) mass is 198 g/mol. The average molecular weight is 198 g/mol. The Morgan fingerprint density at radius 2 is 1.43 bits per heavy atom. The van der Waals surface area contributed by atoms with E-state index in [0.29, 0.717) is 0 Å². The van der Waals surface area contributed by atoms with Gasteiger partial charge >= 0.3 is 0 Å². The molecule has 0 spiro atoms. The number of hydrogen-bond donors (Lipinski definition) is 0. The van der Waals surface area contributed by atoms with Crippen molar-refractivity contribution < 1.29 is 19.2 Å². The van der Waals surface area contributed by atoms with Crippen molar-refractivity contribution in [3.05, 3.63) is 0 Å². The minimum Gasteiger partial charge on any atom is -0.299 e. The summed E-state index contributed by atoms with van der Waals surface area (Å²) in [5.74, 6) is -3.07. The number of Topliss-reactive ketones (excluding diaryl/α,β-unsaturated/α-hetero) is 4. The van der Waals surface area contributed by atoms with E-state index in [-0.39, 0.29) is 18.6 Å². The number of hydrogen-bond acceptors (Lipinski definition) is 4. The summed E-state index contributed by atoms with van der Waals surface area (Å²) >= 11 is 0. The van der Waals surface area contributed by atoms with Gasteiger partial charge in [-0.1, -0.05) is 6.92 Å². The van der Waals surface area contributed by atoms with Crippen LogP contribution in [-0.4, -0.2) is 23.1 Å². The number of rotatable bonds is 6. The molecule has 0 radical (unpaired) electrons. The largest absolute Gasteiger partial charge is 0.299 e. The van der Waals surface area contributed by atoms with Crippen LogP contribution in [0.2, 0.25) is 0 Å². The van der Waals surface area contributed by atoms with Gasteiger partial charge in [0, 0.05) is 6.42 Å². The van der Waals surface area contributed by atoms with E-state index in [1.807, 2.05) is 0 Å². The van der Waals surface area contributed by atoms with Crippen LogP contribution >= 0.6 is 0 Å². The molecule has 0 aromatic rings. The molecule has 0 rings (SSSR count). The van der Waals surface area contributed by atoms with E-state index in [0.717, 1.165) is 0 Å². The highest BCUT2D eigenvalue weighted by Crippen LogP contribution is 2.06. The molecule has 0 fully saturated rings. The Labute approximate surface area is 82.7 Å². The lowest BCUT2D eigenvalue weighted by Crippen LogP contribution is -2.30. The first kappa shape index (κ1) is 12.7. The van der Waals surface area contributed by atoms with E-state index in [2.05, 4.69) is 0 Å². The quantitative estimate of drug-likeness (QED) is 0.590. The van der Waals surface area contributed by atoms with E-state index in [1.54, 1.807) is 6.92 Å². The molecular weight excluding hydrogens is 184 g/mol. The van der Waals surface area contributed by atoms with Gasteiger partial charge in [0.2, 0.25) is 0 Å². The molecule has 0 atom stereocenters. The first-order valence-electron chi connectivity index (χ1n) is 4.45. The molecule has 0 aliphatic heterocycles. The molecule has 4 nitrogen and oxygen atoms in total. The molecule has 4 heteroatoms. The highest BCUT2D eigenvalue weighted by molar-refractivity contribution is 6.21. The van der Waals surface area contributed by atoms with Gasteiger partial charge in [0.1, 0.15) is 23.3 Å². The standard InChI is InChI=1S/C10H14O4/c1-4-8(13)5-9(14)10(6(2)11)7(3)12/h10H,4-5H2,1-3H3. The fraction of sp³-hybridized carbons (Fsp3) is 0.600. The van der Waals surface area contributed by atoms with Crippen LogP contribution in [0.4, 0.5) is 0 Å². The van der Waals surface area contributed by atoms with Crippen LogP contribution in [0.15, 0.2) is 0 Å². The molecule has 0 saturated heterocycles. The van der Waals surface area contributed by atoms with E-state index in [4.69, 9.17) is 0 Å². The predicted octanol–water partition coefficient (Wildman–Crippen LogP) is 0.719. The second-order valence-electron chi connectivity index (χ2n) is 3.19. The third-order valence-corrected chi connectivity index (χ3v) is 1.90. The Balaban J connectivity index is 4.54. The fourth-order valence-electron chi connectivity index (χ4n) is 1.16. The molecule has 0 aliphatic rings. The van der Waals surface area contributed by atoms with Gasteiger partial charge in [-0.3, -0.25) is 19.2 Å². The van der Waals surface area contributed by atoms with Crippen molar-refractivity contribution in [2.45, 2.75) is 33.6 Å². The maximum atomic E-state index is 11.3. The first-order valence-corrected chi connectivity index (χ1v) is 4.45. The van der Waals surface area contributed by atoms with Gasteiger partial charge in [0.25, 0.3) is 0 Å². The molecule has 0 unspecified atom stereocenters.